The number of hydrogen-bond donors (Lipinski definition) is 6. The molecule has 8 nitrogen and oxygen atoms in total. The van der Waals surface area contributed by atoms with Crippen LogP contribution in [0.5, 0.6) is 5.75 Å². The summed E-state index contributed by atoms with van der Waals surface area (Å²) >= 11 is 0. The fourth-order valence-corrected chi connectivity index (χ4v) is 4.39. The van der Waals surface area contributed by atoms with Gasteiger partial charge in [0.1, 0.15) is 18.0 Å². The zero-order chi connectivity index (χ0) is 23.2. The predicted octanol–water partition coefficient (Wildman–Crippen LogP) is 1.41. The maximum absolute atomic E-state index is 10.9. The molecule has 0 spiro atoms. The lowest BCUT2D eigenvalue weighted by molar-refractivity contribution is -0.385. The van der Waals surface area contributed by atoms with E-state index in [0.717, 1.165) is 27.4 Å². The molecule has 4 aromatic rings. The molecular weight excluding hydrogens is 426 g/mol. The van der Waals surface area contributed by atoms with Crippen molar-refractivity contribution >= 4 is 21.7 Å². The lowest BCUT2D eigenvalue weighted by Gasteiger charge is -2.45. The first-order valence-corrected chi connectivity index (χ1v) is 10.7. The zero-order valence-electron chi connectivity index (χ0n) is 17.6. The third-order valence-corrected chi connectivity index (χ3v) is 6.20. The van der Waals surface area contributed by atoms with Gasteiger partial charge in [0.05, 0.1) is 6.61 Å². The van der Waals surface area contributed by atoms with Gasteiger partial charge < -0.3 is 40.0 Å². The summed E-state index contributed by atoms with van der Waals surface area (Å²) in [6.45, 7) is -0.644. The van der Waals surface area contributed by atoms with Crippen molar-refractivity contribution in [3.05, 3.63) is 78.0 Å². The van der Waals surface area contributed by atoms with Crippen LogP contribution >= 0.6 is 0 Å². The van der Waals surface area contributed by atoms with Crippen LogP contribution in [0.1, 0.15) is 11.1 Å². The summed E-state index contributed by atoms with van der Waals surface area (Å²) in [5.41, 5.74) is 2.70. The van der Waals surface area contributed by atoms with E-state index in [1.165, 1.54) is 0 Å². The van der Waals surface area contributed by atoms with Crippen molar-refractivity contribution in [2.75, 3.05) is 6.61 Å². The second-order valence-electron chi connectivity index (χ2n) is 8.35. The second-order valence-corrected chi connectivity index (χ2v) is 8.35. The molecule has 172 valence electrons. The minimum atomic E-state index is -2.64. The van der Waals surface area contributed by atoms with Crippen LogP contribution in [0.15, 0.2) is 66.9 Å². The van der Waals surface area contributed by atoms with Gasteiger partial charge in [0, 0.05) is 17.1 Å². The van der Waals surface area contributed by atoms with Crippen molar-refractivity contribution in [2.45, 2.75) is 36.8 Å². The molecule has 8 heteroatoms. The van der Waals surface area contributed by atoms with Crippen LogP contribution in [0.2, 0.25) is 0 Å². The van der Waals surface area contributed by atoms with Gasteiger partial charge in [-0.3, -0.25) is 0 Å². The Morgan fingerprint density at radius 2 is 1.76 bits per heavy atom. The summed E-state index contributed by atoms with van der Waals surface area (Å²) in [5.74, 6) is -2.44. The van der Waals surface area contributed by atoms with Crippen molar-refractivity contribution in [3.63, 3.8) is 0 Å². The fourth-order valence-electron chi connectivity index (χ4n) is 4.39. The Morgan fingerprint density at radius 1 is 0.970 bits per heavy atom. The smallest absolute Gasteiger partial charge is 0.288 e. The molecule has 1 unspecified atom stereocenters. The molecule has 0 amide bonds. The number of fused-ring (bicyclic) bond motifs is 2. The number of ether oxygens (including phenoxy) is 2. The van der Waals surface area contributed by atoms with E-state index >= 15 is 0 Å². The molecule has 2 heterocycles. The molecule has 5 atom stereocenters. The van der Waals surface area contributed by atoms with Gasteiger partial charge in [-0.25, -0.2) is 0 Å². The Kier molecular flexibility index (Phi) is 5.57. The molecule has 0 bridgehead atoms. The van der Waals surface area contributed by atoms with Crippen molar-refractivity contribution in [2.24, 2.45) is 0 Å². The number of benzene rings is 3. The summed E-state index contributed by atoms with van der Waals surface area (Å²) in [6.07, 6.45) is -4.42. The lowest BCUT2D eigenvalue weighted by Crippen LogP contribution is -2.69. The minimum absolute atomic E-state index is 0.198. The minimum Gasteiger partial charge on any atom is -0.454 e. The standard InChI is InChI=1S/C25H25NO7/c27-13-20-22(28)23(29)25(31,24(30)32-20)33-19-7-3-6-18-21(19)17(12-26-18)11-14-8-9-15-4-1-2-5-16(15)10-14/h1-10,12,20,22-24,26-31H,11,13H2/t20-,22-,23+,24?,25+/m1/s1. The summed E-state index contributed by atoms with van der Waals surface area (Å²) in [4.78, 5) is 3.18. The van der Waals surface area contributed by atoms with Gasteiger partial charge in [0.15, 0.2) is 6.10 Å². The Labute approximate surface area is 189 Å². The van der Waals surface area contributed by atoms with Crippen LogP contribution in [0.3, 0.4) is 0 Å². The van der Waals surface area contributed by atoms with E-state index in [1.54, 1.807) is 12.1 Å². The van der Waals surface area contributed by atoms with Crippen LogP contribution in [0, 0.1) is 0 Å². The Morgan fingerprint density at radius 3 is 2.55 bits per heavy atom. The van der Waals surface area contributed by atoms with Crippen LogP contribution in [0.25, 0.3) is 21.7 Å². The number of aromatic amines is 1. The molecule has 1 aliphatic rings. The van der Waals surface area contributed by atoms with Gasteiger partial charge in [-0.05, 0) is 40.5 Å². The molecule has 3 aromatic carbocycles. The fraction of sp³-hybridized carbons (Fsp3) is 0.280. The second kappa shape index (κ2) is 8.42. The van der Waals surface area contributed by atoms with Crippen LogP contribution < -0.4 is 4.74 Å². The average molecular weight is 451 g/mol. The summed E-state index contributed by atoms with van der Waals surface area (Å²) < 4.78 is 10.8. The van der Waals surface area contributed by atoms with Crippen molar-refractivity contribution in [1.29, 1.82) is 0 Å². The highest BCUT2D eigenvalue weighted by atomic mass is 16.7. The molecule has 1 aromatic heterocycles. The Bertz CT molecular complexity index is 1290. The average Bonchev–Trinajstić information content (AvgIpc) is 3.24. The highest BCUT2D eigenvalue weighted by Crippen LogP contribution is 2.37. The molecule has 0 aliphatic carbocycles. The van der Waals surface area contributed by atoms with E-state index in [0.29, 0.717) is 11.8 Å². The molecule has 0 saturated carbocycles. The quantitative estimate of drug-likeness (QED) is 0.253. The van der Waals surface area contributed by atoms with Gasteiger partial charge in [-0.2, -0.15) is 0 Å². The number of hydrogen-bond acceptors (Lipinski definition) is 7. The monoisotopic (exact) mass is 451 g/mol. The highest BCUT2D eigenvalue weighted by Gasteiger charge is 2.57. The molecule has 33 heavy (non-hydrogen) atoms. The summed E-state index contributed by atoms with van der Waals surface area (Å²) in [6, 6.07) is 19.4. The molecule has 0 radical (unpaired) electrons. The first-order chi connectivity index (χ1) is 15.9. The highest BCUT2D eigenvalue weighted by molar-refractivity contribution is 5.90. The number of aliphatic hydroxyl groups is 5. The maximum Gasteiger partial charge on any atom is 0.288 e. The lowest BCUT2D eigenvalue weighted by atomic mass is 9.95. The third-order valence-electron chi connectivity index (χ3n) is 6.20. The number of nitrogens with one attached hydrogen (secondary N) is 1. The van der Waals surface area contributed by atoms with Gasteiger partial charge >= 0.3 is 0 Å². The van der Waals surface area contributed by atoms with E-state index in [9.17, 15) is 25.5 Å². The van der Waals surface area contributed by atoms with Crippen LogP contribution in [-0.2, 0) is 11.2 Å². The SMILES string of the molecule is OC[C@H]1OC(O)[C@@](O)(Oc2cccc3[nH]cc(Cc4ccc5ccccc5c4)c23)[C@@H](O)[C@@H]1O. The zero-order valence-corrected chi connectivity index (χ0v) is 17.6. The number of H-pyrrole nitrogens is 1. The van der Waals surface area contributed by atoms with Crippen molar-refractivity contribution in [3.8, 4) is 5.75 Å². The largest absolute Gasteiger partial charge is 0.454 e. The molecule has 1 fully saturated rings. The first-order valence-electron chi connectivity index (χ1n) is 10.7. The molecule has 1 aliphatic heterocycles. The van der Waals surface area contributed by atoms with Gasteiger partial charge in [-0.15, -0.1) is 0 Å². The number of aromatic nitrogens is 1. The first kappa shape index (κ1) is 21.8. The van der Waals surface area contributed by atoms with E-state index in [1.807, 2.05) is 30.5 Å². The summed E-state index contributed by atoms with van der Waals surface area (Å²) in [5, 5.41) is 54.1. The molecule has 5 rings (SSSR count). The van der Waals surface area contributed by atoms with Gasteiger partial charge in [-0.1, -0.05) is 48.5 Å². The molecule has 1 saturated heterocycles. The van der Waals surface area contributed by atoms with Crippen molar-refractivity contribution in [1.82, 2.24) is 4.98 Å². The topological polar surface area (TPSA) is 135 Å². The maximum atomic E-state index is 10.9. The van der Waals surface area contributed by atoms with Gasteiger partial charge in [0.25, 0.3) is 5.79 Å². The van der Waals surface area contributed by atoms with Gasteiger partial charge in [0.2, 0.25) is 6.29 Å². The molecule has 6 N–H and O–H groups in total. The third kappa shape index (κ3) is 3.76. The van der Waals surface area contributed by atoms with Crippen LogP contribution in [0.4, 0.5) is 0 Å². The molecular formula is C25H25NO7. The Balaban J connectivity index is 1.50. The van der Waals surface area contributed by atoms with E-state index in [-0.39, 0.29) is 5.75 Å². The van der Waals surface area contributed by atoms with E-state index in [2.05, 4.69) is 29.2 Å². The van der Waals surface area contributed by atoms with E-state index in [4.69, 9.17) is 9.47 Å². The van der Waals surface area contributed by atoms with Crippen LogP contribution in [-0.4, -0.2) is 67.5 Å². The summed E-state index contributed by atoms with van der Waals surface area (Å²) in [7, 11) is 0. The Hall–Kier alpha value is -2.98. The number of rotatable bonds is 5. The van der Waals surface area contributed by atoms with Crippen molar-refractivity contribution < 1.29 is 35.0 Å². The normalized spacial score (nSPS) is 27.8. The predicted molar refractivity (Wildman–Crippen MR) is 121 cm³/mol. The van der Waals surface area contributed by atoms with E-state index < -0.39 is 37.0 Å². The number of aliphatic hydroxyl groups excluding tert-OH is 4.